The molecule has 1 unspecified atom stereocenters. The molecule has 0 fully saturated rings. The van der Waals surface area contributed by atoms with E-state index >= 15 is 0 Å². The molecule has 6 heteroatoms. The van der Waals surface area contributed by atoms with E-state index in [0.29, 0.717) is 10.8 Å². The van der Waals surface area contributed by atoms with Crippen molar-refractivity contribution in [2.45, 2.75) is 17.9 Å². The van der Waals surface area contributed by atoms with Gasteiger partial charge in [0.2, 0.25) is 0 Å². The summed E-state index contributed by atoms with van der Waals surface area (Å²) in [7, 11) is 0. The number of aliphatic hydroxyl groups is 1. The van der Waals surface area contributed by atoms with Gasteiger partial charge < -0.3 is 5.11 Å². The maximum atomic E-state index is 10.5. The van der Waals surface area contributed by atoms with Crippen LogP contribution in [0.5, 0.6) is 0 Å². The lowest BCUT2D eigenvalue weighted by molar-refractivity contribution is -0.384. The lowest BCUT2D eigenvalue weighted by Crippen LogP contribution is -2.02. The first-order chi connectivity index (χ1) is 7.54. The predicted molar refractivity (Wildman–Crippen MR) is 65.9 cm³/mol. The van der Waals surface area contributed by atoms with Gasteiger partial charge in [0.25, 0.3) is 5.69 Å². The van der Waals surface area contributed by atoms with Crippen molar-refractivity contribution in [2.75, 3.05) is 6.61 Å². The smallest absolute Gasteiger partial charge is 0.270 e. The number of nitro benzene ring substituents is 1. The molecule has 0 aliphatic carbocycles. The van der Waals surface area contributed by atoms with Gasteiger partial charge in [-0.2, -0.15) is 11.8 Å². The zero-order chi connectivity index (χ0) is 12.1. The van der Waals surface area contributed by atoms with E-state index in [2.05, 4.69) is 0 Å². The Morgan fingerprint density at radius 1 is 1.62 bits per heavy atom. The Hall–Kier alpha value is -0.780. The molecule has 1 N–H and O–H groups in total. The molecule has 0 spiro atoms. The first-order valence-electron chi connectivity index (χ1n) is 4.70. The van der Waals surface area contributed by atoms with Crippen LogP contribution in [0.25, 0.3) is 0 Å². The van der Waals surface area contributed by atoms with Crippen LogP contribution in [0, 0.1) is 10.1 Å². The van der Waals surface area contributed by atoms with E-state index in [4.69, 9.17) is 16.7 Å². The standard InChI is InChI=1S/C10H12ClNO3S/c1-7(5-13)16-6-8-2-3-9(12(14)15)4-10(8)11/h2-4,7,13H,5-6H2,1H3. The van der Waals surface area contributed by atoms with Crippen LogP contribution in [-0.2, 0) is 5.75 Å². The van der Waals surface area contributed by atoms with Gasteiger partial charge in [-0.1, -0.05) is 18.5 Å². The van der Waals surface area contributed by atoms with Crippen LogP contribution in [0.4, 0.5) is 5.69 Å². The molecule has 1 aromatic rings. The Balaban J connectivity index is 2.72. The topological polar surface area (TPSA) is 63.4 Å². The van der Waals surface area contributed by atoms with Gasteiger partial charge >= 0.3 is 0 Å². The zero-order valence-corrected chi connectivity index (χ0v) is 10.3. The molecular weight excluding hydrogens is 250 g/mol. The second-order valence-electron chi connectivity index (χ2n) is 3.34. The van der Waals surface area contributed by atoms with Crippen molar-refractivity contribution in [1.82, 2.24) is 0 Å². The fraction of sp³-hybridized carbons (Fsp3) is 0.400. The molecule has 0 aliphatic heterocycles. The van der Waals surface area contributed by atoms with Gasteiger partial charge in [0.1, 0.15) is 0 Å². The van der Waals surface area contributed by atoms with E-state index in [9.17, 15) is 10.1 Å². The molecule has 1 atom stereocenters. The van der Waals surface area contributed by atoms with Crippen LogP contribution >= 0.6 is 23.4 Å². The van der Waals surface area contributed by atoms with Crippen LogP contribution in [0.15, 0.2) is 18.2 Å². The zero-order valence-electron chi connectivity index (χ0n) is 8.72. The number of aliphatic hydroxyl groups excluding tert-OH is 1. The fourth-order valence-electron chi connectivity index (χ4n) is 1.05. The molecular formula is C10H12ClNO3S. The van der Waals surface area contributed by atoms with Gasteiger partial charge in [0.15, 0.2) is 0 Å². The summed E-state index contributed by atoms with van der Waals surface area (Å²) in [5, 5.41) is 19.9. The highest BCUT2D eigenvalue weighted by molar-refractivity contribution is 7.99. The van der Waals surface area contributed by atoms with Gasteiger partial charge in [0.05, 0.1) is 16.6 Å². The summed E-state index contributed by atoms with van der Waals surface area (Å²) in [6.07, 6.45) is 0. The van der Waals surface area contributed by atoms with Crippen molar-refractivity contribution in [3.05, 3.63) is 38.9 Å². The molecule has 4 nitrogen and oxygen atoms in total. The summed E-state index contributed by atoms with van der Waals surface area (Å²) < 4.78 is 0. The second-order valence-corrected chi connectivity index (χ2v) is 5.17. The molecule has 0 bridgehead atoms. The van der Waals surface area contributed by atoms with Crippen LogP contribution in [0.2, 0.25) is 5.02 Å². The number of benzene rings is 1. The summed E-state index contributed by atoms with van der Waals surface area (Å²) in [5.41, 5.74) is 0.839. The Morgan fingerprint density at radius 2 is 2.31 bits per heavy atom. The third kappa shape index (κ3) is 3.66. The van der Waals surface area contributed by atoms with Crippen molar-refractivity contribution < 1.29 is 10.0 Å². The van der Waals surface area contributed by atoms with E-state index in [1.54, 1.807) is 17.8 Å². The van der Waals surface area contributed by atoms with Crippen LogP contribution < -0.4 is 0 Å². The average Bonchev–Trinajstić information content (AvgIpc) is 2.26. The van der Waals surface area contributed by atoms with Crippen molar-refractivity contribution in [1.29, 1.82) is 0 Å². The summed E-state index contributed by atoms with van der Waals surface area (Å²) in [4.78, 5) is 10.0. The van der Waals surface area contributed by atoms with Crippen molar-refractivity contribution in [3.8, 4) is 0 Å². The largest absolute Gasteiger partial charge is 0.395 e. The van der Waals surface area contributed by atoms with E-state index in [-0.39, 0.29) is 17.5 Å². The van der Waals surface area contributed by atoms with E-state index in [1.165, 1.54) is 12.1 Å². The maximum Gasteiger partial charge on any atom is 0.270 e. The lowest BCUT2D eigenvalue weighted by Gasteiger charge is -2.08. The van der Waals surface area contributed by atoms with Gasteiger partial charge in [-0.3, -0.25) is 10.1 Å². The summed E-state index contributed by atoms with van der Waals surface area (Å²) in [6, 6.07) is 4.43. The molecule has 0 amide bonds. The summed E-state index contributed by atoms with van der Waals surface area (Å²) in [5.74, 6) is 0.637. The molecule has 16 heavy (non-hydrogen) atoms. The minimum Gasteiger partial charge on any atom is -0.395 e. The molecule has 88 valence electrons. The number of nitrogens with zero attached hydrogens (tertiary/aromatic N) is 1. The number of hydrogen-bond acceptors (Lipinski definition) is 4. The number of hydrogen-bond donors (Lipinski definition) is 1. The average molecular weight is 262 g/mol. The molecule has 0 saturated heterocycles. The maximum absolute atomic E-state index is 10.5. The van der Waals surface area contributed by atoms with Gasteiger partial charge in [-0.25, -0.2) is 0 Å². The van der Waals surface area contributed by atoms with E-state index < -0.39 is 4.92 Å². The van der Waals surface area contributed by atoms with E-state index in [0.717, 1.165) is 5.56 Å². The van der Waals surface area contributed by atoms with E-state index in [1.807, 2.05) is 6.92 Å². The predicted octanol–water partition coefficient (Wildman–Crippen LogP) is 2.86. The third-order valence-electron chi connectivity index (χ3n) is 2.03. The molecule has 1 rings (SSSR count). The fourth-order valence-corrected chi connectivity index (χ4v) is 2.19. The number of thioether (sulfide) groups is 1. The lowest BCUT2D eigenvalue weighted by atomic mass is 10.2. The first-order valence-corrected chi connectivity index (χ1v) is 6.12. The number of rotatable bonds is 5. The SMILES string of the molecule is CC(CO)SCc1ccc([N+](=O)[O-])cc1Cl. The Bertz CT molecular complexity index is 386. The normalized spacial score (nSPS) is 12.4. The minimum absolute atomic E-state index is 0.00560. The highest BCUT2D eigenvalue weighted by Gasteiger charge is 2.10. The van der Waals surface area contributed by atoms with Gasteiger partial charge in [0, 0.05) is 23.1 Å². The van der Waals surface area contributed by atoms with Crippen LogP contribution in [-0.4, -0.2) is 21.9 Å². The Morgan fingerprint density at radius 3 is 2.81 bits per heavy atom. The Labute approximate surface area is 103 Å². The quantitative estimate of drug-likeness (QED) is 0.654. The highest BCUT2D eigenvalue weighted by atomic mass is 35.5. The highest BCUT2D eigenvalue weighted by Crippen LogP contribution is 2.27. The number of non-ortho nitro benzene ring substituents is 1. The monoisotopic (exact) mass is 261 g/mol. The summed E-state index contributed by atoms with van der Waals surface area (Å²) in [6.45, 7) is 2.01. The molecule has 0 radical (unpaired) electrons. The van der Waals surface area contributed by atoms with Gasteiger partial charge in [-0.15, -0.1) is 0 Å². The van der Waals surface area contributed by atoms with Crippen LogP contribution in [0.1, 0.15) is 12.5 Å². The molecule has 0 aliphatic rings. The molecule has 0 aromatic heterocycles. The number of nitro groups is 1. The van der Waals surface area contributed by atoms with Crippen molar-refractivity contribution in [3.63, 3.8) is 0 Å². The first kappa shape index (κ1) is 13.3. The number of halogens is 1. The van der Waals surface area contributed by atoms with Crippen molar-refractivity contribution >= 4 is 29.1 Å². The van der Waals surface area contributed by atoms with Crippen LogP contribution in [0.3, 0.4) is 0 Å². The minimum atomic E-state index is -0.473. The third-order valence-corrected chi connectivity index (χ3v) is 3.58. The summed E-state index contributed by atoms with van der Waals surface area (Å²) >= 11 is 7.47. The molecule has 1 aromatic carbocycles. The molecule has 0 saturated carbocycles. The second kappa shape index (κ2) is 6.08. The van der Waals surface area contributed by atoms with Crippen molar-refractivity contribution in [2.24, 2.45) is 0 Å². The molecule has 0 heterocycles. The van der Waals surface area contributed by atoms with Gasteiger partial charge in [-0.05, 0) is 11.6 Å². The Kier molecular flexibility index (Phi) is 5.05.